The summed E-state index contributed by atoms with van der Waals surface area (Å²) in [5.74, 6) is -3.68. The van der Waals surface area contributed by atoms with Crippen LogP contribution in [0.4, 0.5) is 26.3 Å². The molecule has 0 aliphatic heterocycles. The van der Waals surface area contributed by atoms with Gasteiger partial charge in [0.05, 0.1) is 24.8 Å². The Morgan fingerprint density at radius 2 is 1.64 bits per heavy atom. The minimum atomic E-state index is -4.93. The Labute approximate surface area is 220 Å². The van der Waals surface area contributed by atoms with E-state index in [1.165, 1.54) is 43.5 Å². The molecule has 0 N–H and O–H groups in total. The molecule has 0 saturated carbocycles. The van der Waals surface area contributed by atoms with Gasteiger partial charge in [0.2, 0.25) is 0 Å². The first kappa shape index (κ1) is 29.4. The highest BCUT2D eigenvalue weighted by Crippen LogP contribution is 2.40. The standard InChI is InChI=1S/C28H23F6NO4/c1-16(2)38-24-12-19(8-9-23(24)30)27(15-35,14-17-4-6-18(7-5-17)25(36)37-3)20-10-21(29)13-22(11-20)39-28(33,34)26(31)32/h4-13,16,26H,14H2,1-3H3/t27-/m0/s1. The van der Waals surface area contributed by atoms with Gasteiger partial charge in [-0.2, -0.15) is 22.8 Å². The molecule has 0 aliphatic rings. The smallest absolute Gasteiger partial charge is 0.461 e. The van der Waals surface area contributed by atoms with Gasteiger partial charge in [-0.25, -0.2) is 13.6 Å². The molecule has 0 fully saturated rings. The first-order chi connectivity index (χ1) is 18.3. The molecule has 5 nitrogen and oxygen atoms in total. The van der Waals surface area contributed by atoms with Crippen molar-refractivity contribution < 1.29 is 45.3 Å². The van der Waals surface area contributed by atoms with Gasteiger partial charge in [-0.05, 0) is 73.4 Å². The summed E-state index contributed by atoms with van der Waals surface area (Å²) in [6.07, 6.45) is -9.82. The van der Waals surface area contributed by atoms with Crippen molar-refractivity contribution in [3.63, 3.8) is 0 Å². The normalized spacial score (nSPS) is 13.1. The van der Waals surface area contributed by atoms with Gasteiger partial charge in [-0.1, -0.05) is 18.2 Å². The number of nitrogens with zero attached hydrogens (tertiary/aromatic N) is 1. The predicted molar refractivity (Wildman–Crippen MR) is 128 cm³/mol. The second-order valence-corrected chi connectivity index (χ2v) is 8.83. The number of ether oxygens (including phenoxy) is 3. The lowest BCUT2D eigenvalue weighted by molar-refractivity contribution is -0.253. The Morgan fingerprint density at radius 1 is 0.974 bits per heavy atom. The summed E-state index contributed by atoms with van der Waals surface area (Å²) < 4.78 is 96.2. The van der Waals surface area contributed by atoms with Gasteiger partial charge in [-0.15, -0.1) is 0 Å². The van der Waals surface area contributed by atoms with Gasteiger partial charge in [0.1, 0.15) is 17.0 Å². The van der Waals surface area contributed by atoms with E-state index >= 15 is 0 Å². The van der Waals surface area contributed by atoms with Crippen molar-refractivity contribution in [2.75, 3.05) is 7.11 Å². The number of hydrogen-bond donors (Lipinski definition) is 0. The van der Waals surface area contributed by atoms with E-state index in [4.69, 9.17) is 4.74 Å². The van der Waals surface area contributed by atoms with Gasteiger partial charge in [0, 0.05) is 6.07 Å². The fourth-order valence-electron chi connectivity index (χ4n) is 3.90. The fraction of sp³-hybridized carbons (Fsp3) is 0.286. The maximum absolute atomic E-state index is 14.7. The number of hydrogen-bond acceptors (Lipinski definition) is 5. The topological polar surface area (TPSA) is 68.6 Å². The highest BCUT2D eigenvalue weighted by atomic mass is 19.3. The van der Waals surface area contributed by atoms with Gasteiger partial charge >= 0.3 is 18.5 Å². The van der Waals surface area contributed by atoms with E-state index in [-0.39, 0.29) is 28.9 Å². The van der Waals surface area contributed by atoms with E-state index in [0.717, 1.165) is 18.2 Å². The third-order valence-electron chi connectivity index (χ3n) is 5.69. The number of benzene rings is 3. The van der Waals surface area contributed by atoms with Crippen LogP contribution in [0.2, 0.25) is 0 Å². The van der Waals surface area contributed by atoms with Gasteiger partial charge in [-0.3, -0.25) is 0 Å². The number of esters is 1. The Kier molecular flexibility index (Phi) is 8.79. The van der Waals surface area contributed by atoms with Crippen LogP contribution in [0, 0.1) is 23.0 Å². The van der Waals surface area contributed by atoms with E-state index in [0.29, 0.717) is 11.6 Å². The molecule has 3 aromatic carbocycles. The van der Waals surface area contributed by atoms with Crippen molar-refractivity contribution >= 4 is 5.97 Å². The second-order valence-electron chi connectivity index (χ2n) is 8.83. The van der Waals surface area contributed by atoms with E-state index in [1.54, 1.807) is 13.8 Å². The van der Waals surface area contributed by atoms with Crippen LogP contribution in [0.3, 0.4) is 0 Å². The van der Waals surface area contributed by atoms with Crippen molar-refractivity contribution in [2.24, 2.45) is 0 Å². The predicted octanol–water partition coefficient (Wildman–Crippen LogP) is 6.83. The van der Waals surface area contributed by atoms with Gasteiger partial charge in [0.25, 0.3) is 0 Å². The van der Waals surface area contributed by atoms with E-state index < -0.39 is 47.4 Å². The second kappa shape index (κ2) is 11.7. The summed E-state index contributed by atoms with van der Waals surface area (Å²) in [7, 11) is 1.20. The van der Waals surface area contributed by atoms with Gasteiger partial charge in [0.15, 0.2) is 11.6 Å². The number of carbonyl (C=O) groups excluding carboxylic acids is 1. The monoisotopic (exact) mass is 551 g/mol. The number of carbonyl (C=O) groups is 1. The summed E-state index contributed by atoms with van der Waals surface area (Å²) in [6, 6.07) is 13.6. The van der Waals surface area contributed by atoms with Crippen molar-refractivity contribution in [3.05, 3.63) is 94.6 Å². The number of methoxy groups -OCH3 is 1. The summed E-state index contributed by atoms with van der Waals surface area (Å²) in [6.45, 7) is 3.29. The van der Waals surface area contributed by atoms with Crippen LogP contribution in [0.25, 0.3) is 0 Å². The molecule has 0 bridgehead atoms. The Bertz CT molecular complexity index is 1370. The SMILES string of the molecule is COC(=O)c1ccc(C[C@@](C#N)(c2cc(F)cc(OC(F)(F)C(F)F)c2)c2ccc(F)c(OC(C)C)c2)cc1. The maximum atomic E-state index is 14.7. The molecule has 0 radical (unpaired) electrons. The highest BCUT2D eigenvalue weighted by Gasteiger charge is 2.44. The third kappa shape index (κ3) is 6.63. The summed E-state index contributed by atoms with van der Waals surface area (Å²) >= 11 is 0. The van der Waals surface area contributed by atoms with Crippen LogP contribution >= 0.6 is 0 Å². The molecule has 1 atom stereocenters. The summed E-state index contributed by atoms with van der Waals surface area (Å²) in [5.41, 5.74) is -1.38. The Balaban J connectivity index is 2.22. The molecule has 3 aromatic rings. The third-order valence-corrected chi connectivity index (χ3v) is 5.69. The van der Waals surface area contributed by atoms with Crippen molar-refractivity contribution in [1.82, 2.24) is 0 Å². The van der Waals surface area contributed by atoms with E-state index in [9.17, 15) is 36.4 Å². The molecule has 0 spiro atoms. The van der Waals surface area contributed by atoms with Crippen molar-refractivity contribution in [1.29, 1.82) is 5.26 Å². The fourth-order valence-corrected chi connectivity index (χ4v) is 3.90. The van der Waals surface area contributed by atoms with Crippen LogP contribution in [0.15, 0.2) is 60.7 Å². The van der Waals surface area contributed by atoms with E-state index in [2.05, 4.69) is 15.5 Å². The molecule has 0 heterocycles. The molecule has 39 heavy (non-hydrogen) atoms. The van der Waals surface area contributed by atoms with Crippen molar-refractivity contribution in [3.8, 4) is 17.6 Å². The molecule has 0 saturated heterocycles. The number of halogens is 6. The van der Waals surface area contributed by atoms with Crippen LogP contribution in [-0.4, -0.2) is 31.7 Å². The van der Waals surface area contributed by atoms with E-state index in [1.807, 2.05) is 0 Å². The molecular formula is C28H23F6NO4. The van der Waals surface area contributed by atoms with Crippen LogP contribution in [-0.2, 0) is 16.6 Å². The summed E-state index contributed by atoms with van der Waals surface area (Å²) in [4.78, 5) is 11.8. The zero-order chi connectivity index (χ0) is 29.0. The molecule has 206 valence electrons. The quantitative estimate of drug-likeness (QED) is 0.204. The zero-order valence-electron chi connectivity index (χ0n) is 21.0. The van der Waals surface area contributed by atoms with Crippen LogP contribution in [0.1, 0.15) is 40.9 Å². The zero-order valence-corrected chi connectivity index (χ0v) is 21.0. The molecule has 11 heteroatoms. The molecule has 0 amide bonds. The maximum Gasteiger partial charge on any atom is 0.461 e. The van der Waals surface area contributed by atoms with Crippen molar-refractivity contribution in [2.45, 2.75) is 44.3 Å². The highest BCUT2D eigenvalue weighted by molar-refractivity contribution is 5.89. The minimum Gasteiger partial charge on any atom is -0.488 e. The molecule has 0 aliphatic carbocycles. The lowest BCUT2D eigenvalue weighted by Gasteiger charge is -2.30. The largest absolute Gasteiger partial charge is 0.488 e. The Hall–Kier alpha value is -4.20. The van der Waals surface area contributed by atoms with Gasteiger partial charge < -0.3 is 14.2 Å². The molecular weight excluding hydrogens is 528 g/mol. The average Bonchev–Trinajstić information content (AvgIpc) is 2.87. The molecule has 3 rings (SSSR count). The van der Waals surface area contributed by atoms with Crippen LogP contribution in [0.5, 0.6) is 11.5 Å². The minimum absolute atomic E-state index is 0.0938. The Morgan fingerprint density at radius 3 is 2.21 bits per heavy atom. The molecule has 0 aromatic heterocycles. The summed E-state index contributed by atoms with van der Waals surface area (Å²) in [5, 5.41) is 10.5. The van der Waals surface area contributed by atoms with Crippen LogP contribution < -0.4 is 9.47 Å². The average molecular weight is 551 g/mol. The number of rotatable bonds is 10. The lowest BCUT2D eigenvalue weighted by Crippen LogP contribution is -2.34. The first-order valence-corrected chi connectivity index (χ1v) is 11.5. The molecule has 0 unspecified atom stereocenters. The lowest BCUT2D eigenvalue weighted by atomic mass is 9.71. The number of nitriles is 1. The first-order valence-electron chi connectivity index (χ1n) is 11.5. The number of alkyl halides is 4.